The number of rotatable bonds is 6. The lowest BCUT2D eigenvalue weighted by molar-refractivity contribution is -0.162. The molecule has 0 N–H and O–H groups in total. The lowest BCUT2D eigenvalue weighted by Crippen LogP contribution is -2.39. The van der Waals surface area contributed by atoms with Crippen molar-refractivity contribution in [2.24, 2.45) is 5.41 Å². The molecule has 3 nitrogen and oxygen atoms in total. The van der Waals surface area contributed by atoms with Crippen molar-refractivity contribution in [3.8, 4) is 11.1 Å². The minimum atomic E-state index is -0.383. The number of ether oxygens (including phenoxy) is 2. The van der Waals surface area contributed by atoms with Gasteiger partial charge in [-0.25, -0.2) is 0 Å². The Morgan fingerprint density at radius 2 is 1.64 bits per heavy atom. The summed E-state index contributed by atoms with van der Waals surface area (Å²) in [4.78, 5) is 12.5. The molecule has 2 aromatic carbocycles. The zero-order valence-electron chi connectivity index (χ0n) is 14.9. The highest BCUT2D eigenvalue weighted by atomic mass is 16.5. The van der Waals surface area contributed by atoms with Gasteiger partial charge in [0.15, 0.2) is 0 Å². The summed E-state index contributed by atoms with van der Waals surface area (Å²) in [7, 11) is 0. The third-order valence-electron chi connectivity index (χ3n) is 5.11. The van der Waals surface area contributed by atoms with Crippen LogP contribution in [-0.2, 0) is 20.7 Å². The highest BCUT2D eigenvalue weighted by molar-refractivity contribution is 5.77. The number of hydrogen-bond acceptors (Lipinski definition) is 3. The summed E-state index contributed by atoms with van der Waals surface area (Å²) in [6.45, 7) is 3.60. The van der Waals surface area contributed by atoms with E-state index in [0.717, 1.165) is 25.7 Å². The highest BCUT2D eigenvalue weighted by Gasteiger charge is 2.40. The van der Waals surface area contributed by atoms with Crippen LogP contribution in [0.5, 0.6) is 0 Å². The van der Waals surface area contributed by atoms with Crippen molar-refractivity contribution in [1.82, 2.24) is 0 Å². The van der Waals surface area contributed by atoms with Crippen molar-refractivity contribution in [2.45, 2.75) is 32.6 Å². The SMILES string of the molecule is CCOC(=O)C1(CCc2ccc(-c3ccccc3)cc2)CCOCC1. The summed E-state index contributed by atoms with van der Waals surface area (Å²) in [6, 6.07) is 19.0. The van der Waals surface area contributed by atoms with Gasteiger partial charge in [0.05, 0.1) is 12.0 Å². The lowest BCUT2D eigenvalue weighted by atomic mass is 9.75. The molecule has 2 aromatic rings. The van der Waals surface area contributed by atoms with Crippen LogP contribution in [0.1, 0.15) is 31.7 Å². The first-order chi connectivity index (χ1) is 12.2. The Morgan fingerprint density at radius 1 is 1.00 bits per heavy atom. The average molecular weight is 338 g/mol. The standard InChI is InChI=1S/C22H26O3/c1-2-25-21(23)22(14-16-24-17-15-22)13-12-18-8-10-20(11-9-18)19-6-4-3-5-7-19/h3-11H,2,12-17H2,1H3. The molecule has 1 saturated heterocycles. The monoisotopic (exact) mass is 338 g/mol. The van der Waals surface area contributed by atoms with Gasteiger partial charge in [-0.3, -0.25) is 4.79 Å². The molecule has 0 saturated carbocycles. The lowest BCUT2D eigenvalue weighted by Gasteiger charge is -2.34. The number of carbonyl (C=O) groups is 1. The van der Waals surface area contributed by atoms with Crippen LogP contribution in [0.25, 0.3) is 11.1 Å². The van der Waals surface area contributed by atoms with Gasteiger partial charge in [0.25, 0.3) is 0 Å². The van der Waals surface area contributed by atoms with Crippen LogP contribution in [0.2, 0.25) is 0 Å². The van der Waals surface area contributed by atoms with Crippen LogP contribution in [0.4, 0.5) is 0 Å². The van der Waals surface area contributed by atoms with E-state index in [-0.39, 0.29) is 11.4 Å². The molecule has 0 amide bonds. The summed E-state index contributed by atoms with van der Waals surface area (Å²) in [6.07, 6.45) is 3.22. The number of aryl methyl sites for hydroxylation is 1. The Hall–Kier alpha value is -2.13. The van der Waals surface area contributed by atoms with E-state index in [1.165, 1.54) is 16.7 Å². The van der Waals surface area contributed by atoms with E-state index in [0.29, 0.717) is 19.8 Å². The maximum atomic E-state index is 12.5. The summed E-state index contributed by atoms with van der Waals surface area (Å²) in [5, 5.41) is 0. The quantitative estimate of drug-likeness (QED) is 0.720. The van der Waals surface area contributed by atoms with Crippen LogP contribution in [0.15, 0.2) is 54.6 Å². The number of esters is 1. The molecule has 1 aliphatic heterocycles. The van der Waals surface area contributed by atoms with Gasteiger partial charge < -0.3 is 9.47 Å². The molecule has 0 unspecified atom stereocenters. The van der Waals surface area contributed by atoms with Crippen LogP contribution in [-0.4, -0.2) is 25.8 Å². The minimum Gasteiger partial charge on any atom is -0.466 e. The molecule has 0 bridgehead atoms. The first-order valence-electron chi connectivity index (χ1n) is 9.13. The van der Waals surface area contributed by atoms with Gasteiger partial charge >= 0.3 is 5.97 Å². The van der Waals surface area contributed by atoms with Crippen molar-refractivity contribution in [2.75, 3.05) is 19.8 Å². The zero-order chi connectivity index (χ0) is 17.5. The fraction of sp³-hybridized carbons (Fsp3) is 0.409. The summed E-state index contributed by atoms with van der Waals surface area (Å²) >= 11 is 0. The molecular formula is C22H26O3. The van der Waals surface area contributed by atoms with Gasteiger partial charge in [0.2, 0.25) is 0 Å². The Labute approximate surface area is 150 Å². The zero-order valence-corrected chi connectivity index (χ0v) is 14.9. The van der Waals surface area contributed by atoms with Crippen LogP contribution in [0.3, 0.4) is 0 Å². The van der Waals surface area contributed by atoms with Crippen LogP contribution < -0.4 is 0 Å². The minimum absolute atomic E-state index is 0.0563. The number of carbonyl (C=O) groups excluding carboxylic acids is 1. The molecule has 0 aliphatic carbocycles. The van der Waals surface area contributed by atoms with Gasteiger partial charge in [0, 0.05) is 13.2 Å². The number of benzene rings is 2. The maximum absolute atomic E-state index is 12.5. The smallest absolute Gasteiger partial charge is 0.312 e. The Kier molecular flexibility index (Phi) is 5.87. The average Bonchev–Trinajstić information content (AvgIpc) is 2.68. The van der Waals surface area contributed by atoms with Gasteiger partial charge in [-0.2, -0.15) is 0 Å². The van der Waals surface area contributed by atoms with Crippen molar-refractivity contribution in [3.05, 3.63) is 60.2 Å². The van der Waals surface area contributed by atoms with Crippen molar-refractivity contribution < 1.29 is 14.3 Å². The normalized spacial score (nSPS) is 16.4. The van der Waals surface area contributed by atoms with E-state index in [1.807, 2.05) is 13.0 Å². The van der Waals surface area contributed by atoms with Crippen LogP contribution in [0, 0.1) is 5.41 Å². The maximum Gasteiger partial charge on any atom is 0.312 e. The first kappa shape index (κ1) is 17.7. The van der Waals surface area contributed by atoms with Crippen molar-refractivity contribution in [3.63, 3.8) is 0 Å². The third kappa shape index (κ3) is 4.29. The van der Waals surface area contributed by atoms with Gasteiger partial charge in [0.1, 0.15) is 0 Å². The molecule has 0 spiro atoms. The topological polar surface area (TPSA) is 35.5 Å². The molecule has 132 valence electrons. The molecule has 25 heavy (non-hydrogen) atoms. The van der Waals surface area contributed by atoms with E-state index < -0.39 is 0 Å². The second kappa shape index (κ2) is 8.30. The van der Waals surface area contributed by atoms with Crippen molar-refractivity contribution >= 4 is 5.97 Å². The van der Waals surface area contributed by atoms with Gasteiger partial charge in [-0.15, -0.1) is 0 Å². The second-order valence-electron chi connectivity index (χ2n) is 6.68. The molecule has 1 heterocycles. The summed E-state index contributed by atoms with van der Waals surface area (Å²) in [5.74, 6) is -0.0563. The number of hydrogen-bond donors (Lipinski definition) is 0. The first-order valence-corrected chi connectivity index (χ1v) is 9.13. The molecule has 3 heteroatoms. The molecule has 0 atom stereocenters. The van der Waals surface area contributed by atoms with Gasteiger partial charge in [-0.05, 0) is 49.3 Å². The van der Waals surface area contributed by atoms with E-state index in [1.54, 1.807) is 0 Å². The van der Waals surface area contributed by atoms with E-state index >= 15 is 0 Å². The molecular weight excluding hydrogens is 312 g/mol. The molecule has 1 fully saturated rings. The summed E-state index contributed by atoms with van der Waals surface area (Å²) < 4.78 is 10.8. The Bertz CT molecular complexity index is 670. The second-order valence-corrected chi connectivity index (χ2v) is 6.68. The summed E-state index contributed by atoms with van der Waals surface area (Å²) in [5.41, 5.74) is 3.32. The fourth-order valence-electron chi connectivity index (χ4n) is 3.48. The molecule has 0 radical (unpaired) electrons. The molecule has 3 rings (SSSR count). The van der Waals surface area contributed by atoms with E-state index in [2.05, 4.69) is 48.5 Å². The van der Waals surface area contributed by atoms with Crippen LogP contribution >= 0.6 is 0 Å². The van der Waals surface area contributed by atoms with Gasteiger partial charge in [-0.1, -0.05) is 54.6 Å². The van der Waals surface area contributed by atoms with E-state index in [4.69, 9.17) is 9.47 Å². The predicted molar refractivity (Wildman–Crippen MR) is 99.3 cm³/mol. The van der Waals surface area contributed by atoms with Crippen molar-refractivity contribution in [1.29, 1.82) is 0 Å². The Balaban J connectivity index is 1.67. The fourth-order valence-corrected chi connectivity index (χ4v) is 3.48. The molecule has 1 aliphatic rings. The molecule has 0 aromatic heterocycles. The Morgan fingerprint density at radius 3 is 2.28 bits per heavy atom. The third-order valence-corrected chi connectivity index (χ3v) is 5.11. The predicted octanol–water partition coefficient (Wildman–Crippen LogP) is 4.65. The largest absolute Gasteiger partial charge is 0.466 e. The van der Waals surface area contributed by atoms with E-state index in [9.17, 15) is 4.79 Å². The highest BCUT2D eigenvalue weighted by Crippen LogP contribution is 2.37.